The Morgan fingerprint density at radius 3 is 2.59 bits per heavy atom. The number of carbonyl (C=O) groups is 1. The molecule has 1 aromatic carbocycles. The molecule has 5 rings (SSSR count). The van der Waals surface area contributed by atoms with Crippen LogP contribution in [0.15, 0.2) is 66.0 Å². The van der Waals surface area contributed by atoms with E-state index in [9.17, 15) is 17.6 Å². The summed E-state index contributed by atoms with van der Waals surface area (Å²) in [6, 6.07) is 9.87. The van der Waals surface area contributed by atoms with Crippen LogP contribution >= 0.6 is 0 Å². The van der Waals surface area contributed by atoms with Crippen LogP contribution in [0.5, 0.6) is 0 Å². The van der Waals surface area contributed by atoms with E-state index in [0.29, 0.717) is 13.1 Å². The number of carbonyl (C=O) groups excluding carboxylic acids is 1. The van der Waals surface area contributed by atoms with Crippen LogP contribution < -0.4 is 11.1 Å². The predicted octanol–water partition coefficient (Wildman–Crippen LogP) is 2.46. The van der Waals surface area contributed by atoms with E-state index in [1.165, 1.54) is 25.2 Å². The minimum absolute atomic E-state index is 0.0299. The lowest BCUT2D eigenvalue weighted by Gasteiger charge is -2.48. The molecule has 2 aliphatic heterocycles. The number of rotatable bonds is 5. The fraction of sp³-hybridized carbons (Fsp3) is 0.308. The number of halogens is 2. The largest absolute Gasteiger partial charge is 0.369 e. The van der Waals surface area contributed by atoms with Crippen LogP contribution in [0.1, 0.15) is 35.0 Å². The number of anilines is 1. The number of hydrogen-bond acceptors (Lipinski definition) is 8. The smallest absolute Gasteiger partial charge is 0.274 e. The number of nitrogens with zero attached hydrogens (tertiary/aromatic N) is 5. The molecule has 39 heavy (non-hydrogen) atoms. The molecule has 13 heteroatoms. The first-order valence-electron chi connectivity index (χ1n) is 12.1. The summed E-state index contributed by atoms with van der Waals surface area (Å²) in [7, 11) is -2.77. The van der Waals surface area contributed by atoms with Gasteiger partial charge in [0, 0.05) is 50.3 Å². The molecule has 1 spiro atoms. The van der Waals surface area contributed by atoms with Crippen LogP contribution in [0.25, 0.3) is 0 Å². The zero-order valence-corrected chi connectivity index (χ0v) is 22.1. The summed E-state index contributed by atoms with van der Waals surface area (Å²) in [5.74, 6) is -2.20. The Hall–Kier alpha value is -3.97. The zero-order valence-electron chi connectivity index (χ0n) is 21.3. The molecule has 4 heterocycles. The molecule has 0 bridgehead atoms. The van der Waals surface area contributed by atoms with Gasteiger partial charge in [-0.3, -0.25) is 14.7 Å². The van der Waals surface area contributed by atoms with E-state index in [4.69, 9.17) is 5.73 Å². The van der Waals surface area contributed by atoms with E-state index in [-0.39, 0.29) is 35.9 Å². The van der Waals surface area contributed by atoms with E-state index >= 15 is 4.39 Å². The third-order valence-electron chi connectivity index (χ3n) is 7.58. The normalized spacial score (nSPS) is 24.5. The standard InChI is InChI=1S/C26H27F2N7O3S/c1-25(20-13-19(4-5-21(20)28)32-23(36)22-6-3-18(27)14-31-22)26(39(37,38)34(2)24(29)33-25)9-12-35(16-26)15-17-7-10-30-11-8-17/h3-8,10-11,13-14H,9,12,15-16H2,1-2H3,(H2,29,33)(H,32,36). The number of nitrogens with two attached hydrogens (primary N) is 1. The van der Waals surface area contributed by atoms with Gasteiger partial charge < -0.3 is 11.1 Å². The number of hydrogen-bond donors (Lipinski definition) is 2. The van der Waals surface area contributed by atoms with Crippen molar-refractivity contribution in [2.75, 3.05) is 25.5 Å². The average molecular weight is 556 g/mol. The number of amides is 1. The molecule has 0 aliphatic carbocycles. The number of nitrogens with one attached hydrogen (secondary N) is 1. The van der Waals surface area contributed by atoms with Crippen molar-refractivity contribution >= 4 is 27.6 Å². The third-order valence-corrected chi connectivity index (χ3v) is 10.2. The number of likely N-dealkylation sites (tertiary alicyclic amines) is 1. The van der Waals surface area contributed by atoms with Gasteiger partial charge in [-0.1, -0.05) is 0 Å². The first-order valence-corrected chi connectivity index (χ1v) is 13.6. The van der Waals surface area contributed by atoms with Crippen LogP contribution in [-0.4, -0.2) is 64.3 Å². The lowest BCUT2D eigenvalue weighted by Crippen LogP contribution is -2.66. The maximum atomic E-state index is 15.6. The number of sulfonamides is 1. The van der Waals surface area contributed by atoms with Gasteiger partial charge in [-0.05, 0) is 61.4 Å². The van der Waals surface area contributed by atoms with Crippen molar-refractivity contribution in [3.05, 3.63) is 89.5 Å². The summed E-state index contributed by atoms with van der Waals surface area (Å²) in [6.07, 6.45) is 4.41. The molecule has 2 aliphatic rings. The molecule has 1 fully saturated rings. The Morgan fingerprint density at radius 1 is 1.15 bits per heavy atom. The molecule has 2 aromatic heterocycles. The third kappa shape index (κ3) is 4.40. The second kappa shape index (κ2) is 9.65. The SMILES string of the molecule is CN1C(N)=NC(C)(c2cc(NC(=O)c3ccc(F)cn3)ccc2F)C2(CCN(Cc3ccncc3)C2)S1(=O)=O. The van der Waals surface area contributed by atoms with Gasteiger partial charge in [0.15, 0.2) is 0 Å². The molecule has 2 atom stereocenters. The van der Waals surface area contributed by atoms with E-state index in [2.05, 4.69) is 20.3 Å². The summed E-state index contributed by atoms with van der Waals surface area (Å²) in [5.41, 5.74) is 5.52. The molecule has 3 aromatic rings. The first kappa shape index (κ1) is 26.6. The lowest BCUT2D eigenvalue weighted by atomic mass is 9.78. The van der Waals surface area contributed by atoms with Gasteiger partial charge in [-0.15, -0.1) is 0 Å². The predicted molar refractivity (Wildman–Crippen MR) is 141 cm³/mol. The topological polar surface area (TPSA) is 134 Å². The quantitative estimate of drug-likeness (QED) is 0.494. The van der Waals surface area contributed by atoms with Crippen LogP contribution in [0.2, 0.25) is 0 Å². The molecular weight excluding hydrogens is 528 g/mol. The molecular formula is C26H27F2N7O3S. The lowest BCUT2D eigenvalue weighted by molar-refractivity contribution is 0.102. The molecule has 3 N–H and O–H groups in total. The minimum Gasteiger partial charge on any atom is -0.369 e. The second-order valence-corrected chi connectivity index (χ2v) is 12.1. The molecule has 2 unspecified atom stereocenters. The minimum atomic E-state index is -4.11. The van der Waals surface area contributed by atoms with E-state index < -0.39 is 37.9 Å². The fourth-order valence-corrected chi connectivity index (χ4v) is 7.54. The van der Waals surface area contributed by atoms with Crippen molar-refractivity contribution in [1.82, 2.24) is 19.2 Å². The van der Waals surface area contributed by atoms with Gasteiger partial charge in [0.05, 0.1) is 6.20 Å². The summed E-state index contributed by atoms with van der Waals surface area (Å²) in [6.45, 7) is 2.54. The summed E-state index contributed by atoms with van der Waals surface area (Å²) in [5, 5.41) is 2.62. The van der Waals surface area contributed by atoms with Crippen molar-refractivity contribution in [2.45, 2.75) is 30.2 Å². The van der Waals surface area contributed by atoms with E-state index in [1.54, 1.807) is 19.3 Å². The molecule has 1 amide bonds. The maximum absolute atomic E-state index is 15.6. The average Bonchev–Trinajstić information content (AvgIpc) is 3.35. The highest BCUT2D eigenvalue weighted by atomic mass is 32.2. The van der Waals surface area contributed by atoms with Crippen LogP contribution in [0.3, 0.4) is 0 Å². The van der Waals surface area contributed by atoms with E-state index in [0.717, 1.165) is 28.2 Å². The monoisotopic (exact) mass is 555 g/mol. The highest BCUT2D eigenvalue weighted by molar-refractivity contribution is 7.91. The Morgan fingerprint density at radius 2 is 1.90 bits per heavy atom. The van der Waals surface area contributed by atoms with Crippen molar-refractivity contribution in [1.29, 1.82) is 0 Å². The van der Waals surface area contributed by atoms with Gasteiger partial charge in [0.1, 0.15) is 27.6 Å². The van der Waals surface area contributed by atoms with Crippen LogP contribution in [0, 0.1) is 11.6 Å². The van der Waals surface area contributed by atoms with Crippen molar-refractivity contribution in [2.24, 2.45) is 10.7 Å². The summed E-state index contributed by atoms with van der Waals surface area (Å²) >= 11 is 0. The van der Waals surface area contributed by atoms with Gasteiger partial charge in [0.25, 0.3) is 5.91 Å². The Bertz CT molecular complexity index is 1550. The number of guanidine groups is 1. The van der Waals surface area contributed by atoms with Crippen LogP contribution in [0.4, 0.5) is 14.5 Å². The second-order valence-electron chi connectivity index (χ2n) is 9.84. The van der Waals surface area contributed by atoms with Crippen molar-refractivity contribution in [3.8, 4) is 0 Å². The Kier molecular flexibility index (Phi) is 6.59. The van der Waals surface area contributed by atoms with Crippen molar-refractivity contribution < 1.29 is 22.0 Å². The highest BCUT2D eigenvalue weighted by Crippen LogP contribution is 2.52. The highest BCUT2D eigenvalue weighted by Gasteiger charge is 2.66. The maximum Gasteiger partial charge on any atom is 0.274 e. The molecule has 0 saturated carbocycles. The zero-order chi connectivity index (χ0) is 28.0. The first-order chi connectivity index (χ1) is 18.5. The molecule has 1 saturated heterocycles. The molecule has 10 nitrogen and oxygen atoms in total. The van der Waals surface area contributed by atoms with Crippen molar-refractivity contribution in [3.63, 3.8) is 0 Å². The number of aliphatic imine (C=N–C) groups is 1. The number of pyridine rings is 2. The number of benzene rings is 1. The Balaban J connectivity index is 1.55. The number of aromatic nitrogens is 2. The Labute approximate surface area is 224 Å². The van der Waals surface area contributed by atoms with Gasteiger partial charge >= 0.3 is 0 Å². The summed E-state index contributed by atoms with van der Waals surface area (Å²) < 4.78 is 56.2. The van der Waals surface area contributed by atoms with E-state index in [1.807, 2.05) is 17.0 Å². The fourth-order valence-electron chi connectivity index (χ4n) is 5.37. The van der Waals surface area contributed by atoms with Crippen LogP contribution in [-0.2, 0) is 22.1 Å². The summed E-state index contributed by atoms with van der Waals surface area (Å²) in [4.78, 5) is 27.0. The van der Waals surface area contributed by atoms with Gasteiger partial charge in [0.2, 0.25) is 16.0 Å². The van der Waals surface area contributed by atoms with Gasteiger partial charge in [-0.25, -0.2) is 31.5 Å². The van der Waals surface area contributed by atoms with Gasteiger partial charge in [-0.2, -0.15) is 0 Å². The molecule has 0 radical (unpaired) electrons. The molecule has 204 valence electrons.